The molecule has 2 N–H and O–H groups in total. The highest BCUT2D eigenvalue weighted by Crippen LogP contribution is 2.35. The summed E-state index contributed by atoms with van der Waals surface area (Å²) in [5.41, 5.74) is 3.71. The van der Waals surface area contributed by atoms with E-state index in [0.29, 0.717) is 18.0 Å². The van der Waals surface area contributed by atoms with Crippen molar-refractivity contribution in [2.75, 3.05) is 17.2 Å². The fraction of sp³-hybridized carbons (Fsp3) is 0.190. The zero-order chi connectivity index (χ0) is 20.1. The summed E-state index contributed by atoms with van der Waals surface area (Å²) in [4.78, 5) is 27.7. The van der Waals surface area contributed by atoms with Gasteiger partial charge in [-0.1, -0.05) is 12.1 Å². The molecule has 0 spiro atoms. The van der Waals surface area contributed by atoms with E-state index in [1.54, 1.807) is 12.1 Å². The van der Waals surface area contributed by atoms with Gasteiger partial charge < -0.3 is 15.4 Å². The molecule has 0 aliphatic rings. The van der Waals surface area contributed by atoms with Crippen molar-refractivity contribution in [3.63, 3.8) is 0 Å². The van der Waals surface area contributed by atoms with E-state index in [1.807, 2.05) is 42.6 Å². The molecular formula is C21H21N3O3S. The number of anilines is 2. The quantitative estimate of drug-likeness (QED) is 0.629. The van der Waals surface area contributed by atoms with Crippen LogP contribution in [0.1, 0.15) is 20.8 Å². The van der Waals surface area contributed by atoms with E-state index in [0.717, 1.165) is 27.6 Å². The van der Waals surface area contributed by atoms with Gasteiger partial charge in [0.05, 0.1) is 18.0 Å². The summed E-state index contributed by atoms with van der Waals surface area (Å²) < 4.78 is 5.56. The van der Waals surface area contributed by atoms with E-state index >= 15 is 0 Å². The molecule has 0 aliphatic carbocycles. The number of amides is 2. The number of carbonyl (C=O) groups excluding carboxylic acids is 2. The third-order valence-electron chi connectivity index (χ3n) is 3.82. The lowest BCUT2D eigenvalue weighted by Crippen LogP contribution is -2.09. The van der Waals surface area contributed by atoms with Crippen LogP contribution in [0, 0.1) is 0 Å². The molecule has 0 aliphatic heterocycles. The van der Waals surface area contributed by atoms with Crippen LogP contribution in [-0.2, 0) is 9.59 Å². The van der Waals surface area contributed by atoms with E-state index in [1.165, 1.54) is 25.2 Å². The number of rotatable bonds is 6. The first-order valence-corrected chi connectivity index (χ1v) is 9.72. The van der Waals surface area contributed by atoms with Gasteiger partial charge in [0.15, 0.2) is 0 Å². The largest absolute Gasteiger partial charge is 0.494 e. The molecule has 0 saturated heterocycles. The minimum absolute atomic E-state index is 0.174. The van der Waals surface area contributed by atoms with Crippen molar-refractivity contribution in [2.24, 2.45) is 0 Å². The van der Waals surface area contributed by atoms with Gasteiger partial charge in [-0.2, -0.15) is 0 Å². The standard InChI is InChI=1S/C21H21N3O3S/c1-4-27-17-7-5-6-15(10-17)21-24-20(12-28-21)18-9-8-16(22-13(2)25)11-19(18)23-14(3)26/h5-12H,4H2,1-3H3,(H,22,25)(H,23,26). The Morgan fingerprint density at radius 3 is 2.57 bits per heavy atom. The van der Waals surface area contributed by atoms with Gasteiger partial charge in [-0.25, -0.2) is 4.98 Å². The Kier molecular flexibility index (Phi) is 6.06. The maximum absolute atomic E-state index is 11.6. The molecule has 1 aromatic heterocycles. The number of nitrogens with zero attached hydrogens (tertiary/aromatic N) is 1. The number of ether oxygens (including phenoxy) is 1. The summed E-state index contributed by atoms with van der Waals surface area (Å²) in [6.07, 6.45) is 0. The molecule has 1 heterocycles. The molecule has 0 bridgehead atoms. The molecule has 3 aromatic rings. The smallest absolute Gasteiger partial charge is 0.221 e. The topological polar surface area (TPSA) is 80.3 Å². The fourth-order valence-corrected chi connectivity index (χ4v) is 3.57. The van der Waals surface area contributed by atoms with Crippen LogP contribution >= 0.6 is 11.3 Å². The highest BCUT2D eigenvalue weighted by molar-refractivity contribution is 7.13. The summed E-state index contributed by atoms with van der Waals surface area (Å²) in [5, 5.41) is 8.34. The van der Waals surface area contributed by atoms with Crippen LogP contribution < -0.4 is 15.4 Å². The molecule has 0 saturated carbocycles. The van der Waals surface area contributed by atoms with Gasteiger partial charge in [0, 0.05) is 36.0 Å². The summed E-state index contributed by atoms with van der Waals surface area (Å²) in [7, 11) is 0. The first-order valence-electron chi connectivity index (χ1n) is 8.84. The van der Waals surface area contributed by atoms with Gasteiger partial charge in [0.2, 0.25) is 11.8 Å². The monoisotopic (exact) mass is 395 g/mol. The van der Waals surface area contributed by atoms with Gasteiger partial charge in [-0.05, 0) is 37.3 Å². The van der Waals surface area contributed by atoms with E-state index < -0.39 is 0 Å². The lowest BCUT2D eigenvalue weighted by Gasteiger charge is -2.11. The third-order valence-corrected chi connectivity index (χ3v) is 4.71. The average molecular weight is 395 g/mol. The van der Waals surface area contributed by atoms with Crippen molar-refractivity contribution in [3.8, 4) is 27.6 Å². The Hall–Kier alpha value is -3.19. The number of hydrogen-bond acceptors (Lipinski definition) is 5. The van der Waals surface area contributed by atoms with Crippen LogP contribution in [0.5, 0.6) is 5.75 Å². The molecule has 0 radical (unpaired) electrons. The molecule has 0 fully saturated rings. The van der Waals surface area contributed by atoms with Crippen LogP contribution in [0.15, 0.2) is 47.8 Å². The predicted octanol–water partition coefficient (Wildman–Crippen LogP) is 4.79. The fourth-order valence-electron chi connectivity index (χ4n) is 2.76. The second kappa shape index (κ2) is 8.67. The highest BCUT2D eigenvalue weighted by Gasteiger charge is 2.13. The maximum atomic E-state index is 11.6. The number of thiazole rings is 1. The second-order valence-electron chi connectivity index (χ2n) is 6.12. The van der Waals surface area contributed by atoms with E-state index in [-0.39, 0.29) is 11.8 Å². The third kappa shape index (κ3) is 4.75. The van der Waals surface area contributed by atoms with Gasteiger partial charge in [-0.3, -0.25) is 9.59 Å². The Morgan fingerprint density at radius 2 is 1.86 bits per heavy atom. The number of benzene rings is 2. The van der Waals surface area contributed by atoms with Crippen molar-refractivity contribution in [1.82, 2.24) is 4.98 Å². The van der Waals surface area contributed by atoms with Crippen molar-refractivity contribution < 1.29 is 14.3 Å². The highest BCUT2D eigenvalue weighted by atomic mass is 32.1. The second-order valence-corrected chi connectivity index (χ2v) is 6.98. The predicted molar refractivity (Wildman–Crippen MR) is 113 cm³/mol. The molecule has 6 nitrogen and oxygen atoms in total. The summed E-state index contributed by atoms with van der Waals surface area (Å²) in [5.74, 6) is 0.433. The molecule has 7 heteroatoms. The summed E-state index contributed by atoms with van der Waals surface area (Å²) in [6.45, 7) is 5.44. The molecular weight excluding hydrogens is 374 g/mol. The molecule has 0 unspecified atom stereocenters. The van der Waals surface area contributed by atoms with E-state index in [9.17, 15) is 9.59 Å². The van der Waals surface area contributed by atoms with Crippen LogP contribution in [0.3, 0.4) is 0 Å². The van der Waals surface area contributed by atoms with E-state index in [2.05, 4.69) is 10.6 Å². The normalized spacial score (nSPS) is 10.4. The molecule has 0 atom stereocenters. The van der Waals surface area contributed by atoms with Crippen molar-refractivity contribution in [3.05, 3.63) is 47.8 Å². The van der Waals surface area contributed by atoms with Crippen molar-refractivity contribution >= 4 is 34.5 Å². The minimum atomic E-state index is -0.193. The lowest BCUT2D eigenvalue weighted by atomic mass is 10.1. The molecule has 2 amide bonds. The SMILES string of the molecule is CCOc1cccc(-c2nc(-c3ccc(NC(C)=O)cc3NC(C)=O)cs2)c1. The summed E-state index contributed by atoms with van der Waals surface area (Å²) in [6, 6.07) is 13.2. The van der Waals surface area contributed by atoms with Gasteiger partial charge >= 0.3 is 0 Å². The van der Waals surface area contributed by atoms with Crippen molar-refractivity contribution in [1.29, 1.82) is 0 Å². The average Bonchev–Trinajstić information content (AvgIpc) is 3.11. The zero-order valence-electron chi connectivity index (χ0n) is 15.9. The van der Waals surface area contributed by atoms with Crippen LogP contribution in [0.4, 0.5) is 11.4 Å². The Balaban J connectivity index is 1.96. The van der Waals surface area contributed by atoms with E-state index in [4.69, 9.17) is 9.72 Å². The van der Waals surface area contributed by atoms with Crippen molar-refractivity contribution in [2.45, 2.75) is 20.8 Å². The molecule has 3 rings (SSSR count). The lowest BCUT2D eigenvalue weighted by molar-refractivity contribution is -0.115. The number of nitrogens with one attached hydrogen (secondary N) is 2. The van der Waals surface area contributed by atoms with Crippen LogP contribution in [0.25, 0.3) is 21.8 Å². The number of hydrogen-bond donors (Lipinski definition) is 2. The summed E-state index contributed by atoms with van der Waals surface area (Å²) >= 11 is 1.52. The van der Waals surface area contributed by atoms with Gasteiger partial charge in [-0.15, -0.1) is 11.3 Å². The Bertz CT molecular complexity index is 1010. The Morgan fingerprint density at radius 1 is 1.07 bits per heavy atom. The zero-order valence-corrected chi connectivity index (χ0v) is 16.7. The Labute approximate surface area is 167 Å². The van der Waals surface area contributed by atoms with Crippen LogP contribution in [-0.4, -0.2) is 23.4 Å². The first kappa shape index (κ1) is 19.6. The number of aromatic nitrogens is 1. The molecule has 144 valence electrons. The van der Waals surface area contributed by atoms with Gasteiger partial charge in [0.25, 0.3) is 0 Å². The molecule has 2 aromatic carbocycles. The number of carbonyl (C=O) groups is 2. The first-order chi connectivity index (χ1) is 13.5. The van der Waals surface area contributed by atoms with Crippen LogP contribution in [0.2, 0.25) is 0 Å². The molecule has 28 heavy (non-hydrogen) atoms. The maximum Gasteiger partial charge on any atom is 0.221 e. The minimum Gasteiger partial charge on any atom is -0.494 e. The van der Waals surface area contributed by atoms with Gasteiger partial charge in [0.1, 0.15) is 10.8 Å².